The smallest absolute Gasteiger partial charge is 0.306 e. The number of carbonyl (C=O) groups excluding carboxylic acids is 2. The van der Waals surface area contributed by atoms with Crippen LogP contribution in [0.4, 0.5) is 0 Å². The largest absolute Gasteiger partial charge is 1.00 e. The minimum absolute atomic E-state index is 0. The van der Waals surface area contributed by atoms with Gasteiger partial charge in [-0.3, -0.25) is 9.59 Å². The highest BCUT2D eigenvalue weighted by Crippen LogP contribution is 2.43. The van der Waals surface area contributed by atoms with Crippen LogP contribution in [-0.4, -0.2) is 24.4 Å². The van der Waals surface area contributed by atoms with Crippen LogP contribution in [0.3, 0.4) is 0 Å². The van der Waals surface area contributed by atoms with Gasteiger partial charge in [-0.2, -0.15) is 0 Å². The van der Waals surface area contributed by atoms with Gasteiger partial charge in [0.05, 0.1) is 18.4 Å². The molecule has 2 atom stereocenters. The van der Waals surface area contributed by atoms with E-state index in [1.54, 1.807) is 25.1 Å². The molecule has 0 amide bonds. The van der Waals surface area contributed by atoms with E-state index in [9.17, 15) is 9.59 Å². The number of carbonyl (C=O) groups is 2. The van der Waals surface area contributed by atoms with Gasteiger partial charge in [-0.1, -0.05) is 23.7 Å². The normalized spacial score (nSPS) is 24.0. The number of rotatable bonds is 3. The Balaban J connectivity index is 0.00000200. The molecular weight excluding hydrogens is 301 g/mol. The summed E-state index contributed by atoms with van der Waals surface area (Å²) in [7, 11) is 0. The zero-order chi connectivity index (χ0) is 14.2. The Bertz CT molecular complexity index is 547. The van der Waals surface area contributed by atoms with E-state index in [-0.39, 0.29) is 30.6 Å². The monoisotopic (exact) mass is 317 g/mol. The lowest BCUT2D eigenvalue weighted by atomic mass is 9.78. The van der Waals surface area contributed by atoms with Gasteiger partial charge >= 0.3 is 5.97 Å². The van der Waals surface area contributed by atoms with Crippen LogP contribution in [0.2, 0.25) is 5.02 Å². The molecular formula is C14H17Cl2NO3. The lowest BCUT2D eigenvalue weighted by molar-refractivity contribution is -0.412. The van der Waals surface area contributed by atoms with Gasteiger partial charge in [0.25, 0.3) is 0 Å². The molecule has 2 rings (SSSR count). The highest BCUT2D eigenvalue weighted by molar-refractivity contribution is 6.32. The van der Waals surface area contributed by atoms with Gasteiger partial charge in [0.2, 0.25) is 5.78 Å². The molecule has 0 saturated carbocycles. The van der Waals surface area contributed by atoms with Crippen LogP contribution in [-0.2, 0) is 14.9 Å². The van der Waals surface area contributed by atoms with Crippen molar-refractivity contribution >= 4 is 23.4 Å². The van der Waals surface area contributed by atoms with Crippen LogP contribution >= 0.6 is 11.6 Å². The zero-order valence-corrected chi connectivity index (χ0v) is 12.9. The second kappa shape index (κ2) is 6.12. The second-order valence-corrected chi connectivity index (χ2v) is 5.39. The van der Waals surface area contributed by atoms with Crippen molar-refractivity contribution in [1.29, 1.82) is 0 Å². The summed E-state index contributed by atoms with van der Waals surface area (Å²) in [4.78, 5) is 24.0. The molecule has 0 spiro atoms. The topological polar surface area (TPSA) is 71.0 Å². The van der Waals surface area contributed by atoms with Gasteiger partial charge in [0.15, 0.2) is 6.04 Å². The maximum atomic E-state index is 12.2. The van der Waals surface area contributed by atoms with Gasteiger partial charge < -0.3 is 22.9 Å². The third-order valence-corrected chi connectivity index (χ3v) is 4.07. The zero-order valence-electron chi connectivity index (χ0n) is 11.4. The van der Waals surface area contributed by atoms with Crippen molar-refractivity contribution in [3.05, 3.63) is 34.3 Å². The molecule has 1 aliphatic carbocycles. The minimum Gasteiger partial charge on any atom is -1.00 e. The first-order valence-electron chi connectivity index (χ1n) is 6.23. The summed E-state index contributed by atoms with van der Waals surface area (Å²) in [5.74, 6) is -0.400. The average Bonchev–Trinajstić information content (AvgIpc) is 2.53. The van der Waals surface area contributed by atoms with Crippen LogP contribution in [0.5, 0.6) is 0 Å². The molecule has 0 aromatic heterocycles. The summed E-state index contributed by atoms with van der Waals surface area (Å²) in [6.45, 7) is 3.92. The minimum atomic E-state index is -0.697. The number of fused-ring (bicyclic) bond motifs is 1. The predicted molar refractivity (Wildman–Crippen MR) is 71.1 cm³/mol. The molecule has 0 heterocycles. The quantitative estimate of drug-likeness (QED) is 0.680. The van der Waals surface area contributed by atoms with Crippen LogP contribution in [0.25, 0.3) is 0 Å². The van der Waals surface area contributed by atoms with Gasteiger partial charge in [0, 0.05) is 10.6 Å². The molecule has 1 aromatic rings. The molecule has 0 saturated heterocycles. The van der Waals surface area contributed by atoms with Crippen molar-refractivity contribution in [3.8, 4) is 0 Å². The Hall–Kier alpha value is -1.10. The number of esters is 1. The fourth-order valence-electron chi connectivity index (χ4n) is 2.68. The van der Waals surface area contributed by atoms with Crippen LogP contribution in [0, 0.1) is 0 Å². The van der Waals surface area contributed by atoms with Crippen molar-refractivity contribution in [2.24, 2.45) is 0 Å². The van der Waals surface area contributed by atoms with Crippen molar-refractivity contribution in [2.45, 2.75) is 31.7 Å². The van der Waals surface area contributed by atoms with E-state index in [1.807, 2.05) is 6.92 Å². The number of ether oxygens (including phenoxy) is 1. The molecule has 4 nitrogen and oxygen atoms in total. The molecule has 3 N–H and O–H groups in total. The molecule has 0 bridgehead atoms. The molecule has 20 heavy (non-hydrogen) atoms. The first-order chi connectivity index (χ1) is 8.91. The van der Waals surface area contributed by atoms with E-state index < -0.39 is 11.5 Å². The molecule has 1 aromatic carbocycles. The lowest BCUT2D eigenvalue weighted by Crippen LogP contribution is -3.00. The Morgan fingerprint density at radius 1 is 1.50 bits per heavy atom. The first-order valence-corrected chi connectivity index (χ1v) is 6.61. The Labute approximate surface area is 129 Å². The van der Waals surface area contributed by atoms with Gasteiger partial charge in [-0.15, -0.1) is 0 Å². The average molecular weight is 318 g/mol. The molecule has 0 radical (unpaired) electrons. The van der Waals surface area contributed by atoms with E-state index in [0.717, 1.165) is 5.56 Å². The molecule has 0 aliphatic heterocycles. The van der Waals surface area contributed by atoms with Crippen molar-refractivity contribution in [1.82, 2.24) is 0 Å². The number of benzene rings is 1. The highest BCUT2D eigenvalue weighted by Gasteiger charge is 2.52. The summed E-state index contributed by atoms with van der Waals surface area (Å²) in [5, 5.41) is 0.504. The van der Waals surface area contributed by atoms with E-state index in [0.29, 0.717) is 17.2 Å². The third kappa shape index (κ3) is 2.55. The highest BCUT2D eigenvalue weighted by atomic mass is 35.5. The Morgan fingerprint density at radius 3 is 2.75 bits per heavy atom. The summed E-state index contributed by atoms with van der Waals surface area (Å²) in [6, 6.07) is 4.68. The fourth-order valence-corrected chi connectivity index (χ4v) is 3.08. The molecule has 1 aliphatic rings. The molecule has 2 unspecified atom stereocenters. The van der Waals surface area contributed by atoms with E-state index >= 15 is 0 Å². The Kier molecular flexibility index (Phi) is 5.19. The van der Waals surface area contributed by atoms with Crippen LogP contribution < -0.4 is 18.1 Å². The van der Waals surface area contributed by atoms with E-state index in [2.05, 4.69) is 5.73 Å². The number of halogens is 2. The third-order valence-electron chi connectivity index (χ3n) is 3.75. The van der Waals surface area contributed by atoms with Crippen LogP contribution in [0.1, 0.15) is 36.2 Å². The number of quaternary nitrogens is 1. The summed E-state index contributed by atoms with van der Waals surface area (Å²) in [6.07, 6.45) is 0.109. The number of hydrogen-bond donors (Lipinski definition) is 1. The van der Waals surface area contributed by atoms with Gasteiger partial charge in [-0.05, 0) is 25.5 Å². The van der Waals surface area contributed by atoms with Gasteiger partial charge in [0.1, 0.15) is 0 Å². The standard InChI is InChI=1S/C14H16ClNO3.ClH/c1-3-19-10(17)7-14(2)11-8(12(18)13(14)16)5-4-6-9(11)15;/h4-6,13H,3,7,16H2,1-2H3;1H. The van der Waals surface area contributed by atoms with Gasteiger partial charge in [-0.25, -0.2) is 0 Å². The summed E-state index contributed by atoms with van der Waals surface area (Å²) < 4.78 is 4.99. The number of ketones is 1. The SMILES string of the molecule is CCOC(=O)CC1(C)c2c(Cl)cccc2C(=O)C1[NH3+].[Cl-]. The predicted octanol–water partition coefficient (Wildman–Crippen LogP) is -1.64. The maximum Gasteiger partial charge on any atom is 0.306 e. The molecule has 110 valence electrons. The summed E-state index contributed by atoms with van der Waals surface area (Å²) in [5.41, 5.74) is 4.51. The number of hydrogen-bond acceptors (Lipinski definition) is 3. The van der Waals surface area contributed by atoms with Crippen molar-refractivity contribution < 1.29 is 32.5 Å². The van der Waals surface area contributed by atoms with Crippen molar-refractivity contribution in [3.63, 3.8) is 0 Å². The van der Waals surface area contributed by atoms with E-state index in [4.69, 9.17) is 16.3 Å². The molecule has 0 fully saturated rings. The number of Topliss-reactive ketones (excluding diaryl/α,β-unsaturated/α-hetero) is 1. The van der Waals surface area contributed by atoms with Crippen molar-refractivity contribution in [2.75, 3.05) is 6.61 Å². The fraction of sp³-hybridized carbons (Fsp3) is 0.429. The van der Waals surface area contributed by atoms with Crippen LogP contribution in [0.15, 0.2) is 18.2 Å². The first kappa shape index (κ1) is 17.0. The molecule has 6 heteroatoms. The van der Waals surface area contributed by atoms with E-state index in [1.165, 1.54) is 0 Å². The lowest BCUT2D eigenvalue weighted by Gasteiger charge is -2.26. The maximum absolute atomic E-state index is 12.2. The second-order valence-electron chi connectivity index (χ2n) is 4.98. The Morgan fingerprint density at radius 2 is 2.15 bits per heavy atom. The summed E-state index contributed by atoms with van der Waals surface area (Å²) >= 11 is 6.21.